The molecular formula is C22H16O3. The molecule has 0 fully saturated rings. The second-order valence-corrected chi connectivity index (χ2v) is 5.79. The summed E-state index contributed by atoms with van der Waals surface area (Å²) in [5.41, 5.74) is 3.46. The standard InChI is InChI=1S/C22H16O3/c23-22-20(19-8-4-5-9-21(19)25-22)14-16-10-12-18(13-11-16)24-15-17-6-2-1-3-7-17/h1-14H,15H2. The van der Waals surface area contributed by atoms with Crippen molar-refractivity contribution in [3.8, 4) is 11.5 Å². The molecule has 0 N–H and O–H groups in total. The molecule has 4 rings (SSSR count). The van der Waals surface area contributed by atoms with Crippen LogP contribution in [0.1, 0.15) is 16.7 Å². The highest BCUT2D eigenvalue weighted by Gasteiger charge is 2.25. The van der Waals surface area contributed by atoms with Crippen LogP contribution in [0, 0.1) is 0 Å². The van der Waals surface area contributed by atoms with Gasteiger partial charge in [-0.15, -0.1) is 0 Å². The second kappa shape index (κ2) is 6.65. The predicted octanol–water partition coefficient (Wildman–Crippen LogP) is 4.73. The summed E-state index contributed by atoms with van der Waals surface area (Å²) in [5, 5.41) is 0. The molecule has 0 radical (unpaired) electrons. The van der Waals surface area contributed by atoms with Gasteiger partial charge in [0.1, 0.15) is 18.1 Å². The molecular weight excluding hydrogens is 312 g/mol. The molecule has 0 atom stereocenters. The van der Waals surface area contributed by atoms with Crippen molar-refractivity contribution in [3.05, 3.63) is 95.6 Å². The predicted molar refractivity (Wildman–Crippen MR) is 97.2 cm³/mol. The zero-order valence-electron chi connectivity index (χ0n) is 13.5. The molecule has 1 heterocycles. The van der Waals surface area contributed by atoms with Crippen LogP contribution in [0.15, 0.2) is 78.9 Å². The Balaban J connectivity index is 1.50. The van der Waals surface area contributed by atoms with Gasteiger partial charge in [-0.3, -0.25) is 0 Å². The van der Waals surface area contributed by atoms with E-state index in [9.17, 15) is 4.79 Å². The summed E-state index contributed by atoms with van der Waals surface area (Å²) in [6.07, 6.45) is 1.84. The Labute approximate surface area is 146 Å². The molecule has 0 amide bonds. The molecule has 0 unspecified atom stereocenters. The Morgan fingerprint density at radius 1 is 0.840 bits per heavy atom. The Kier molecular flexibility index (Phi) is 4.05. The van der Waals surface area contributed by atoms with Gasteiger partial charge in [0, 0.05) is 5.56 Å². The van der Waals surface area contributed by atoms with Gasteiger partial charge in [0.2, 0.25) is 0 Å². The van der Waals surface area contributed by atoms with Crippen LogP contribution in [0.3, 0.4) is 0 Å². The van der Waals surface area contributed by atoms with Crippen LogP contribution in [0.5, 0.6) is 11.5 Å². The number of hydrogen-bond acceptors (Lipinski definition) is 3. The Bertz CT molecular complexity index is 925. The highest BCUT2D eigenvalue weighted by atomic mass is 16.5. The minimum absolute atomic E-state index is 0.314. The maximum absolute atomic E-state index is 12.0. The molecule has 25 heavy (non-hydrogen) atoms. The van der Waals surface area contributed by atoms with Crippen LogP contribution in [0.2, 0.25) is 0 Å². The number of carbonyl (C=O) groups excluding carboxylic acids is 1. The van der Waals surface area contributed by atoms with E-state index in [4.69, 9.17) is 9.47 Å². The van der Waals surface area contributed by atoms with E-state index >= 15 is 0 Å². The summed E-state index contributed by atoms with van der Waals surface area (Å²) in [4.78, 5) is 12.0. The molecule has 0 aliphatic carbocycles. The normalized spacial score (nSPS) is 14.2. The van der Waals surface area contributed by atoms with Crippen LogP contribution in [-0.2, 0) is 11.4 Å². The van der Waals surface area contributed by atoms with E-state index < -0.39 is 0 Å². The number of carbonyl (C=O) groups is 1. The number of hydrogen-bond donors (Lipinski definition) is 0. The lowest BCUT2D eigenvalue weighted by Crippen LogP contribution is -2.00. The Hall–Kier alpha value is -3.33. The lowest BCUT2D eigenvalue weighted by molar-refractivity contribution is -0.126. The van der Waals surface area contributed by atoms with Crippen LogP contribution in [-0.4, -0.2) is 5.97 Å². The molecule has 1 aliphatic rings. The number of rotatable bonds is 4. The Morgan fingerprint density at radius 3 is 2.36 bits per heavy atom. The minimum Gasteiger partial charge on any atom is -0.489 e. The third-order valence-electron chi connectivity index (χ3n) is 4.04. The summed E-state index contributed by atoms with van der Waals surface area (Å²) in [7, 11) is 0. The third kappa shape index (κ3) is 3.31. The molecule has 0 spiro atoms. The molecule has 3 aromatic rings. The van der Waals surface area contributed by atoms with Gasteiger partial charge in [-0.05, 0) is 35.4 Å². The average molecular weight is 328 g/mol. The average Bonchev–Trinajstić information content (AvgIpc) is 2.97. The third-order valence-corrected chi connectivity index (χ3v) is 4.04. The zero-order chi connectivity index (χ0) is 17.1. The largest absolute Gasteiger partial charge is 0.489 e. The van der Waals surface area contributed by atoms with Crippen LogP contribution < -0.4 is 9.47 Å². The quantitative estimate of drug-likeness (QED) is 0.395. The summed E-state index contributed by atoms with van der Waals surface area (Å²) < 4.78 is 11.1. The van der Waals surface area contributed by atoms with Crippen molar-refractivity contribution in [3.63, 3.8) is 0 Å². The molecule has 0 aromatic heterocycles. The van der Waals surface area contributed by atoms with E-state index in [1.807, 2.05) is 78.9 Å². The summed E-state index contributed by atoms with van der Waals surface area (Å²) >= 11 is 0. The van der Waals surface area contributed by atoms with Gasteiger partial charge in [0.15, 0.2) is 0 Å². The molecule has 0 saturated carbocycles. The lowest BCUT2D eigenvalue weighted by Gasteiger charge is -2.06. The van der Waals surface area contributed by atoms with E-state index in [0.717, 1.165) is 22.4 Å². The van der Waals surface area contributed by atoms with Crippen molar-refractivity contribution >= 4 is 17.6 Å². The zero-order valence-corrected chi connectivity index (χ0v) is 13.5. The van der Waals surface area contributed by atoms with Gasteiger partial charge in [-0.25, -0.2) is 4.79 Å². The fraction of sp³-hybridized carbons (Fsp3) is 0.0455. The van der Waals surface area contributed by atoms with Crippen molar-refractivity contribution in [2.24, 2.45) is 0 Å². The second-order valence-electron chi connectivity index (χ2n) is 5.79. The summed E-state index contributed by atoms with van der Waals surface area (Å²) in [6.45, 7) is 0.529. The number of esters is 1. The molecule has 122 valence electrons. The van der Waals surface area contributed by atoms with Crippen molar-refractivity contribution < 1.29 is 14.3 Å². The number of benzene rings is 3. The molecule has 3 nitrogen and oxygen atoms in total. The van der Waals surface area contributed by atoms with Gasteiger partial charge in [-0.1, -0.05) is 60.7 Å². The van der Waals surface area contributed by atoms with Gasteiger partial charge in [0.05, 0.1) is 5.57 Å². The fourth-order valence-electron chi connectivity index (χ4n) is 2.75. The molecule has 3 heteroatoms. The highest BCUT2D eigenvalue weighted by molar-refractivity contribution is 6.25. The number of para-hydroxylation sites is 1. The first-order valence-corrected chi connectivity index (χ1v) is 8.10. The molecule has 3 aromatic carbocycles. The van der Waals surface area contributed by atoms with Crippen molar-refractivity contribution in [2.75, 3.05) is 0 Å². The van der Waals surface area contributed by atoms with Gasteiger partial charge in [-0.2, -0.15) is 0 Å². The van der Waals surface area contributed by atoms with Crippen LogP contribution in [0.25, 0.3) is 11.6 Å². The van der Waals surface area contributed by atoms with E-state index in [0.29, 0.717) is 17.9 Å². The SMILES string of the molecule is O=C1Oc2ccccc2C1=Cc1ccc(OCc2ccccc2)cc1. The first-order chi connectivity index (χ1) is 12.3. The fourth-order valence-corrected chi connectivity index (χ4v) is 2.75. The van der Waals surface area contributed by atoms with Crippen molar-refractivity contribution in [1.82, 2.24) is 0 Å². The van der Waals surface area contributed by atoms with Crippen LogP contribution in [0.4, 0.5) is 0 Å². The molecule has 0 saturated heterocycles. The highest BCUT2D eigenvalue weighted by Crippen LogP contribution is 2.35. The van der Waals surface area contributed by atoms with Crippen molar-refractivity contribution in [2.45, 2.75) is 6.61 Å². The van der Waals surface area contributed by atoms with E-state index in [2.05, 4.69) is 0 Å². The van der Waals surface area contributed by atoms with Gasteiger partial charge < -0.3 is 9.47 Å². The van der Waals surface area contributed by atoms with E-state index in [1.165, 1.54) is 0 Å². The summed E-state index contributed by atoms with van der Waals surface area (Å²) in [5.74, 6) is 1.09. The molecule has 0 bridgehead atoms. The minimum atomic E-state index is -0.314. The van der Waals surface area contributed by atoms with Crippen molar-refractivity contribution in [1.29, 1.82) is 0 Å². The van der Waals surface area contributed by atoms with Gasteiger partial charge in [0.25, 0.3) is 0 Å². The maximum atomic E-state index is 12.0. The summed E-state index contributed by atoms with van der Waals surface area (Å²) in [6, 6.07) is 25.1. The number of fused-ring (bicyclic) bond motifs is 1. The lowest BCUT2D eigenvalue weighted by atomic mass is 10.0. The van der Waals surface area contributed by atoms with Crippen LogP contribution >= 0.6 is 0 Å². The van der Waals surface area contributed by atoms with Gasteiger partial charge >= 0.3 is 5.97 Å². The monoisotopic (exact) mass is 328 g/mol. The van der Waals surface area contributed by atoms with E-state index in [-0.39, 0.29) is 5.97 Å². The van der Waals surface area contributed by atoms with E-state index in [1.54, 1.807) is 6.07 Å². The first kappa shape index (κ1) is 15.2. The maximum Gasteiger partial charge on any atom is 0.344 e. The Morgan fingerprint density at radius 2 is 1.56 bits per heavy atom. The molecule has 1 aliphatic heterocycles. The first-order valence-electron chi connectivity index (χ1n) is 8.10. The smallest absolute Gasteiger partial charge is 0.344 e. The topological polar surface area (TPSA) is 35.5 Å². The number of ether oxygens (including phenoxy) is 2.